The Labute approximate surface area is 110 Å². The van der Waals surface area contributed by atoms with Gasteiger partial charge in [-0.15, -0.1) is 4.91 Å². The molecule has 90 valence electrons. The molecule has 1 aromatic carbocycles. The van der Waals surface area contributed by atoms with Gasteiger partial charge in [-0.1, -0.05) is 36.8 Å². The predicted octanol–water partition coefficient (Wildman–Crippen LogP) is 4.22. The van der Waals surface area contributed by atoms with Crippen LogP contribution in [0.3, 0.4) is 0 Å². The summed E-state index contributed by atoms with van der Waals surface area (Å²) in [5.41, 5.74) is 0.875. The molecule has 17 heavy (non-hydrogen) atoms. The van der Waals surface area contributed by atoms with Gasteiger partial charge in [-0.25, -0.2) is 0 Å². The summed E-state index contributed by atoms with van der Waals surface area (Å²) in [7, 11) is 0. The van der Waals surface area contributed by atoms with Crippen LogP contribution in [-0.4, -0.2) is 10.6 Å². The third-order valence-corrected chi connectivity index (χ3v) is 2.92. The summed E-state index contributed by atoms with van der Waals surface area (Å²) in [6.07, 6.45) is 1.55. The molecule has 0 N–H and O–H groups in total. The molecule has 0 aliphatic carbocycles. The zero-order chi connectivity index (χ0) is 12.8. The van der Waals surface area contributed by atoms with Crippen LogP contribution in [0.1, 0.15) is 31.7 Å². The lowest BCUT2D eigenvalue weighted by molar-refractivity contribution is -0.117. The molecule has 0 heterocycles. The van der Waals surface area contributed by atoms with Gasteiger partial charge < -0.3 is 0 Å². The molecular formula is C12H12ClNO2S. The molecule has 0 aliphatic heterocycles. The summed E-state index contributed by atoms with van der Waals surface area (Å²) in [5.74, 6) is 0.103. The monoisotopic (exact) mass is 269 g/mol. The zero-order valence-corrected chi connectivity index (χ0v) is 11.0. The molecule has 0 aliphatic rings. The minimum Gasteiger partial charge on any atom is -0.299 e. The Morgan fingerprint density at radius 2 is 2.18 bits per heavy atom. The van der Waals surface area contributed by atoms with E-state index < -0.39 is 0 Å². The van der Waals surface area contributed by atoms with E-state index >= 15 is 0 Å². The number of rotatable bonds is 6. The van der Waals surface area contributed by atoms with Gasteiger partial charge in [-0.2, -0.15) is 0 Å². The standard InChI is InChI=1S/C12H12ClNO2S/c1-2-3-9(15)7-12(17)10-5-4-8(14-16)6-11(10)13/h4-6H,2-3,7H2,1H3. The number of thiocarbonyl (C=S) groups is 1. The number of halogens is 1. The number of benzene rings is 1. The second-order valence-corrected chi connectivity index (χ2v) is 4.54. The highest BCUT2D eigenvalue weighted by atomic mass is 35.5. The molecule has 0 saturated carbocycles. The quantitative estimate of drug-likeness (QED) is 0.441. The topological polar surface area (TPSA) is 46.5 Å². The molecule has 0 unspecified atom stereocenters. The maximum Gasteiger partial charge on any atom is 0.138 e. The molecular weight excluding hydrogens is 258 g/mol. The fourth-order valence-corrected chi connectivity index (χ4v) is 2.11. The number of hydrogen-bond donors (Lipinski definition) is 0. The second-order valence-electron chi connectivity index (χ2n) is 3.64. The van der Waals surface area contributed by atoms with E-state index in [4.69, 9.17) is 23.8 Å². The van der Waals surface area contributed by atoms with E-state index in [-0.39, 0.29) is 17.9 Å². The Morgan fingerprint density at radius 3 is 2.71 bits per heavy atom. The Bertz CT molecular complexity index is 460. The van der Waals surface area contributed by atoms with Gasteiger partial charge in [0, 0.05) is 23.3 Å². The lowest BCUT2D eigenvalue weighted by Crippen LogP contribution is -2.07. The fraction of sp³-hybridized carbons (Fsp3) is 0.333. The molecule has 0 bridgehead atoms. The van der Waals surface area contributed by atoms with Gasteiger partial charge in [-0.3, -0.25) is 4.79 Å². The van der Waals surface area contributed by atoms with Crippen molar-refractivity contribution in [3.63, 3.8) is 0 Å². The second kappa shape index (κ2) is 6.57. The largest absolute Gasteiger partial charge is 0.299 e. The number of nitroso groups, excluding NO2 is 1. The SMILES string of the molecule is CCCC(=O)CC(=S)c1ccc(N=O)cc1Cl. The van der Waals surface area contributed by atoms with Crippen LogP contribution >= 0.6 is 23.8 Å². The molecule has 3 nitrogen and oxygen atoms in total. The van der Waals surface area contributed by atoms with Crippen molar-refractivity contribution < 1.29 is 4.79 Å². The molecule has 0 amide bonds. The van der Waals surface area contributed by atoms with E-state index in [9.17, 15) is 9.70 Å². The highest BCUT2D eigenvalue weighted by Crippen LogP contribution is 2.24. The smallest absolute Gasteiger partial charge is 0.138 e. The summed E-state index contributed by atoms with van der Waals surface area (Å²) in [5, 5.41) is 3.14. The van der Waals surface area contributed by atoms with E-state index in [1.54, 1.807) is 6.07 Å². The first-order valence-electron chi connectivity index (χ1n) is 5.26. The number of Topliss-reactive ketones (excluding diaryl/α,β-unsaturated/α-hetero) is 1. The molecule has 0 atom stereocenters. The fourth-order valence-electron chi connectivity index (χ4n) is 1.43. The Morgan fingerprint density at radius 1 is 1.47 bits per heavy atom. The first-order valence-corrected chi connectivity index (χ1v) is 6.05. The average molecular weight is 270 g/mol. The van der Waals surface area contributed by atoms with Crippen molar-refractivity contribution in [2.75, 3.05) is 0 Å². The van der Waals surface area contributed by atoms with Crippen LogP contribution in [0.4, 0.5) is 5.69 Å². The minimum absolute atomic E-state index is 0.103. The Kier molecular flexibility index (Phi) is 5.38. The summed E-state index contributed by atoms with van der Waals surface area (Å²) in [6.45, 7) is 1.94. The number of nitrogens with zero attached hydrogens (tertiary/aromatic N) is 1. The molecule has 5 heteroatoms. The van der Waals surface area contributed by atoms with Crippen LogP contribution in [0.5, 0.6) is 0 Å². The number of ketones is 1. The first-order chi connectivity index (χ1) is 8.08. The van der Waals surface area contributed by atoms with Crippen molar-refractivity contribution in [1.29, 1.82) is 0 Å². The van der Waals surface area contributed by atoms with E-state index in [0.717, 1.165) is 6.42 Å². The summed E-state index contributed by atoms with van der Waals surface area (Å²) in [4.78, 5) is 22.3. The van der Waals surface area contributed by atoms with Crippen LogP contribution < -0.4 is 0 Å². The van der Waals surface area contributed by atoms with Crippen molar-refractivity contribution in [2.24, 2.45) is 5.18 Å². The third kappa shape index (κ3) is 3.98. The van der Waals surface area contributed by atoms with Gasteiger partial charge in [0.15, 0.2) is 0 Å². The summed E-state index contributed by atoms with van der Waals surface area (Å²) >= 11 is 11.1. The maximum atomic E-state index is 11.5. The van der Waals surface area contributed by atoms with Crippen molar-refractivity contribution in [1.82, 2.24) is 0 Å². The van der Waals surface area contributed by atoms with Crippen LogP contribution in [0.15, 0.2) is 23.4 Å². The Balaban J connectivity index is 2.82. The van der Waals surface area contributed by atoms with E-state index in [1.165, 1.54) is 12.1 Å². The lowest BCUT2D eigenvalue weighted by atomic mass is 10.0. The molecule has 0 saturated heterocycles. The van der Waals surface area contributed by atoms with Crippen molar-refractivity contribution in [3.05, 3.63) is 33.7 Å². The highest BCUT2D eigenvalue weighted by Gasteiger charge is 2.11. The minimum atomic E-state index is 0.103. The normalized spacial score (nSPS) is 10.0. The highest BCUT2D eigenvalue weighted by molar-refractivity contribution is 7.81. The van der Waals surface area contributed by atoms with Crippen LogP contribution in [0.2, 0.25) is 5.02 Å². The average Bonchev–Trinajstić information content (AvgIpc) is 2.28. The molecule has 1 rings (SSSR count). The molecule has 0 aromatic heterocycles. The molecule has 0 spiro atoms. The predicted molar refractivity (Wildman–Crippen MR) is 73.1 cm³/mol. The van der Waals surface area contributed by atoms with Gasteiger partial charge in [-0.05, 0) is 23.7 Å². The zero-order valence-electron chi connectivity index (χ0n) is 9.40. The molecule has 1 aromatic rings. The summed E-state index contributed by atoms with van der Waals surface area (Å²) < 4.78 is 0. The first kappa shape index (κ1) is 13.9. The number of hydrogen-bond acceptors (Lipinski definition) is 4. The number of carbonyl (C=O) groups excluding carboxylic acids is 1. The maximum absolute atomic E-state index is 11.5. The molecule has 0 radical (unpaired) electrons. The van der Waals surface area contributed by atoms with Gasteiger partial charge in [0.05, 0.1) is 5.02 Å². The van der Waals surface area contributed by atoms with Crippen LogP contribution in [0.25, 0.3) is 0 Å². The summed E-state index contributed by atoms with van der Waals surface area (Å²) in [6, 6.07) is 4.60. The Hall–Kier alpha value is -1.13. The van der Waals surface area contributed by atoms with Crippen LogP contribution in [-0.2, 0) is 4.79 Å². The van der Waals surface area contributed by atoms with Crippen molar-refractivity contribution >= 4 is 40.2 Å². The lowest BCUT2D eigenvalue weighted by Gasteiger charge is -2.05. The van der Waals surface area contributed by atoms with Gasteiger partial charge >= 0.3 is 0 Å². The van der Waals surface area contributed by atoms with Crippen molar-refractivity contribution in [3.8, 4) is 0 Å². The van der Waals surface area contributed by atoms with Crippen LogP contribution in [0, 0.1) is 4.91 Å². The molecule has 0 fully saturated rings. The number of carbonyl (C=O) groups is 1. The van der Waals surface area contributed by atoms with Crippen molar-refractivity contribution in [2.45, 2.75) is 26.2 Å². The van der Waals surface area contributed by atoms with Gasteiger partial charge in [0.2, 0.25) is 0 Å². The van der Waals surface area contributed by atoms with E-state index in [2.05, 4.69) is 5.18 Å². The van der Waals surface area contributed by atoms with E-state index in [1.807, 2.05) is 6.92 Å². The third-order valence-electron chi connectivity index (χ3n) is 2.25. The van der Waals surface area contributed by atoms with E-state index in [0.29, 0.717) is 21.9 Å². The van der Waals surface area contributed by atoms with Gasteiger partial charge in [0.1, 0.15) is 11.5 Å². The van der Waals surface area contributed by atoms with Gasteiger partial charge in [0.25, 0.3) is 0 Å².